The van der Waals surface area contributed by atoms with Gasteiger partial charge in [-0.15, -0.1) is 0 Å². The lowest BCUT2D eigenvalue weighted by atomic mass is 10.2. The van der Waals surface area contributed by atoms with E-state index in [2.05, 4.69) is 10.3 Å². The summed E-state index contributed by atoms with van der Waals surface area (Å²) in [6.07, 6.45) is -4.10. The standard InChI is InChI=1S/C18H19F3N4O2/c1-12-16(23-11-13-6-4-3-5-7-13)24(17(26)25(12)27-2)15-10-14(8-9-22-15)18(19,20)21/h3-10,12,16,23H,11H2,1-2H3/t12-,16?/m0/s1. The van der Waals surface area contributed by atoms with Crippen LogP contribution < -0.4 is 10.2 Å². The first-order valence-corrected chi connectivity index (χ1v) is 8.30. The number of anilines is 1. The van der Waals surface area contributed by atoms with E-state index < -0.39 is 30.0 Å². The van der Waals surface area contributed by atoms with Crippen molar-refractivity contribution in [2.75, 3.05) is 12.0 Å². The zero-order valence-corrected chi connectivity index (χ0v) is 14.8. The lowest BCUT2D eigenvalue weighted by Gasteiger charge is -2.25. The minimum atomic E-state index is -4.53. The molecule has 0 bridgehead atoms. The second kappa shape index (κ2) is 7.53. The number of nitrogens with one attached hydrogen (secondary N) is 1. The first-order valence-electron chi connectivity index (χ1n) is 8.30. The molecule has 2 amide bonds. The molecule has 9 heteroatoms. The highest BCUT2D eigenvalue weighted by Gasteiger charge is 2.46. The molecule has 1 aliphatic rings. The highest BCUT2D eigenvalue weighted by Crippen LogP contribution is 2.33. The number of pyridine rings is 1. The lowest BCUT2D eigenvalue weighted by molar-refractivity contribution is -0.137. The van der Waals surface area contributed by atoms with Crippen LogP contribution in [0.25, 0.3) is 0 Å². The number of benzene rings is 1. The number of aromatic nitrogens is 1. The van der Waals surface area contributed by atoms with E-state index in [1.165, 1.54) is 12.0 Å². The second-order valence-corrected chi connectivity index (χ2v) is 6.11. The smallest absolute Gasteiger partial charge is 0.291 e. The van der Waals surface area contributed by atoms with E-state index in [1.807, 2.05) is 30.3 Å². The number of hydroxylamine groups is 2. The van der Waals surface area contributed by atoms with Gasteiger partial charge in [0.1, 0.15) is 12.0 Å². The summed E-state index contributed by atoms with van der Waals surface area (Å²) in [5, 5.41) is 4.33. The minimum absolute atomic E-state index is 0.0909. The molecule has 2 atom stereocenters. The van der Waals surface area contributed by atoms with Crippen molar-refractivity contribution in [3.63, 3.8) is 0 Å². The van der Waals surface area contributed by atoms with Gasteiger partial charge in [0.2, 0.25) is 0 Å². The molecule has 1 saturated heterocycles. The number of urea groups is 1. The van der Waals surface area contributed by atoms with Crippen LogP contribution in [0.4, 0.5) is 23.8 Å². The van der Waals surface area contributed by atoms with Gasteiger partial charge in [-0.25, -0.2) is 9.78 Å². The largest absolute Gasteiger partial charge is 0.416 e. The SMILES string of the molecule is CON1C(=O)N(c2cc(C(F)(F)F)ccn2)C(NCc2ccccc2)[C@@H]1C. The van der Waals surface area contributed by atoms with Crippen molar-refractivity contribution < 1.29 is 22.8 Å². The number of carbonyl (C=O) groups is 1. The Hall–Kier alpha value is -2.65. The van der Waals surface area contributed by atoms with Gasteiger partial charge in [-0.3, -0.25) is 15.1 Å². The number of carbonyl (C=O) groups excluding carboxylic acids is 1. The Morgan fingerprint density at radius 1 is 1.22 bits per heavy atom. The monoisotopic (exact) mass is 380 g/mol. The molecule has 6 nitrogen and oxygen atoms in total. The molecule has 27 heavy (non-hydrogen) atoms. The maximum absolute atomic E-state index is 13.1. The number of halogens is 3. The van der Waals surface area contributed by atoms with E-state index in [9.17, 15) is 18.0 Å². The Bertz CT molecular complexity index is 801. The summed E-state index contributed by atoms with van der Waals surface area (Å²) >= 11 is 0. The topological polar surface area (TPSA) is 57.7 Å². The van der Waals surface area contributed by atoms with Crippen molar-refractivity contribution in [1.29, 1.82) is 0 Å². The molecule has 1 aliphatic heterocycles. The summed E-state index contributed by atoms with van der Waals surface area (Å²) in [5.41, 5.74) is 0.107. The predicted molar refractivity (Wildman–Crippen MR) is 92.5 cm³/mol. The van der Waals surface area contributed by atoms with Crippen LogP contribution in [-0.4, -0.2) is 35.4 Å². The molecule has 2 heterocycles. The van der Waals surface area contributed by atoms with Crippen LogP contribution in [0.15, 0.2) is 48.7 Å². The number of hydrogen-bond donors (Lipinski definition) is 1. The number of rotatable bonds is 5. The average molecular weight is 380 g/mol. The van der Waals surface area contributed by atoms with Gasteiger partial charge in [0.05, 0.1) is 18.7 Å². The fourth-order valence-corrected chi connectivity index (χ4v) is 3.03. The molecular weight excluding hydrogens is 361 g/mol. The molecule has 1 unspecified atom stereocenters. The number of nitrogens with zero attached hydrogens (tertiary/aromatic N) is 3. The molecule has 1 aromatic heterocycles. The molecule has 2 aromatic rings. The normalized spacial score (nSPS) is 20.4. The molecule has 0 saturated carbocycles. The van der Waals surface area contributed by atoms with E-state index in [0.29, 0.717) is 6.54 Å². The fraction of sp³-hybridized carbons (Fsp3) is 0.333. The summed E-state index contributed by atoms with van der Waals surface area (Å²) in [5.74, 6) is -0.0909. The Labute approximate surface area is 154 Å². The zero-order valence-electron chi connectivity index (χ0n) is 14.8. The molecule has 1 fully saturated rings. The summed E-state index contributed by atoms with van der Waals surface area (Å²) in [4.78, 5) is 23.0. The third-order valence-electron chi connectivity index (χ3n) is 4.37. The van der Waals surface area contributed by atoms with E-state index in [1.54, 1.807) is 6.92 Å². The molecule has 144 valence electrons. The number of amides is 2. The quantitative estimate of drug-likeness (QED) is 0.864. The minimum Gasteiger partial charge on any atom is -0.291 e. The molecule has 1 N–H and O–H groups in total. The summed E-state index contributed by atoms with van der Waals surface area (Å²) in [6, 6.07) is 10.2. The van der Waals surface area contributed by atoms with Gasteiger partial charge in [0.15, 0.2) is 0 Å². The average Bonchev–Trinajstić information content (AvgIpc) is 2.89. The van der Waals surface area contributed by atoms with Crippen molar-refractivity contribution >= 4 is 11.8 Å². The third kappa shape index (κ3) is 3.88. The lowest BCUT2D eigenvalue weighted by Crippen LogP contribution is -2.47. The highest BCUT2D eigenvalue weighted by atomic mass is 19.4. The van der Waals surface area contributed by atoms with Gasteiger partial charge in [0, 0.05) is 12.7 Å². The van der Waals surface area contributed by atoms with Crippen LogP contribution in [0.2, 0.25) is 0 Å². The Morgan fingerprint density at radius 2 is 1.93 bits per heavy atom. The molecule has 0 aliphatic carbocycles. The van der Waals surface area contributed by atoms with Crippen molar-refractivity contribution in [3.8, 4) is 0 Å². The van der Waals surface area contributed by atoms with Crippen LogP contribution >= 0.6 is 0 Å². The second-order valence-electron chi connectivity index (χ2n) is 6.11. The Morgan fingerprint density at radius 3 is 2.56 bits per heavy atom. The van der Waals surface area contributed by atoms with Gasteiger partial charge in [-0.05, 0) is 24.6 Å². The van der Waals surface area contributed by atoms with Crippen LogP contribution in [0.3, 0.4) is 0 Å². The molecule has 3 rings (SSSR count). The van der Waals surface area contributed by atoms with Crippen LogP contribution in [0.5, 0.6) is 0 Å². The first-order chi connectivity index (χ1) is 12.8. The molecule has 0 spiro atoms. The van der Waals surface area contributed by atoms with Crippen molar-refractivity contribution in [2.24, 2.45) is 0 Å². The Balaban J connectivity index is 1.91. The van der Waals surface area contributed by atoms with Crippen molar-refractivity contribution in [2.45, 2.75) is 31.9 Å². The van der Waals surface area contributed by atoms with Crippen LogP contribution in [0, 0.1) is 0 Å². The third-order valence-corrected chi connectivity index (χ3v) is 4.37. The maximum atomic E-state index is 13.1. The van der Waals surface area contributed by atoms with Gasteiger partial charge >= 0.3 is 12.2 Å². The molecule has 1 aromatic carbocycles. The highest BCUT2D eigenvalue weighted by molar-refractivity contribution is 5.93. The summed E-state index contributed by atoms with van der Waals surface area (Å²) in [7, 11) is 1.34. The zero-order chi connectivity index (χ0) is 19.6. The molecular formula is C18H19F3N4O2. The van der Waals surface area contributed by atoms with Crippen molar-refractivity contribution in [1.82, 2.24) is 15.4 Å². The van der Waals surface area contributed by atoms with E-state index in [4.69, 9.17) is 4.84 Å². The Kier molecular flexibility index (Phi) is 5.33. The first kappa shape index (κ1) is 19.1. The van der Waals surface area contributed by atoms with Gasteiger partial charge in [0.25, 0.3) is 0 Å². The maximum Gasteiger partial charge on any atom is 0.416 e. The number of hydrogen-bond acceptors (Lipinski definition) is 4. The van der Waals surface area contributed by atoms with E-state index >= 15 is 0 Å². The summed E-state index contributed by atoms with van der Waals surface area (Å²) < 4.78 is 39.2. The van der Waals surface area contributed by atoms with E-state index in [-0.39, 0.29) is 5.82 Å². The molecule has 0 radical (unpaired) electrons. The fourth-order valence-electron chi connectivity index (χ4n) is 3.03. The van der Waals surface area contributed by atoms with E-state index in [0.717, 1.165) is 29.0 Å². The predicted octanol–water partition coefficient (Wildman–Crippen LogP) is 3.41. The van der Waals surface area contributed by atoms with Crippen LogP contribution in [0.1, 0.15) is 18.1 Å². The van der Waals surface area contributed by atoms with Gasteiger partial charge < -0.3 is 0 Å². The van der Waals surface area contributed by atoms with Gasteiger partial charge in [-0.1, -0.05) is 30.3 Å². The summed E-state index contributed by atoms with van der Waals surface area (Å²) in [6.45, 7) is 2.17. The van der Waals surface area contributed by atoms with Crippen molar-refractivity contribution in [3.05, 3.63) is 59.8 Å². The van der Waals surface area contributed by atoms with Gasteiger partial charge in [-0.2, -0.15) is 18.2 Å². The van der Waals surface area contributed by atoms with Crippen LogP contribution in [-0.2, 0) is 17.6 Å². The number of alkyl halides is 3.